The van der Waals surface area contributed by atoms with Crippen LogP contribution in [0.25, 0.3) is 0 Å². The number of aliphatic hydroxyl groups is 1. The van der Waals surface area contributed by atoms with Crippen molar-refractivity contribution < 1.29 is 29.2 Å². The van der Waals surface area contributed by atoms with Crippen molar-refractivity contribution in [1.82, 2.24) is 4.90 Å². The van der Waals surface area contributed by atoms with Gasteiger partial charge in [0, 0.05) is 12.3 Å². The Morgan fingerprint density at radius 3 is 2.39 bits per heavy atom. The number of unbranched alkanes of at least 4 members (excludes halogenated alkanes) is 5. The summed E-state index contributed by atoms with van der Waals surface area (Å²) in [5.41, 5.74) is 4.68. The van der Waals surface area contributed by atoms with E-state index >= 15 is 0 Å². The quantitative estimate of drug-likeness (QED) is 0.150. The van der Waals surface area contributed by atoms with E-state index in [1.807, 2.05) is 0 Å². The van der Waals surface area contributed by atoms with Crippen molar-refractivity contribution in [1.29, 1.82) is 0 Å². The van der Waals surface area contributed by atoms with E-state index in [-0.39, 0.29) is 23.8 Å². The van der Waals surface area contributed by atoms with Crippen LogP contribution in [0.15, 0.2) is 36.5 Å². The molecule has 0 aromatic heterocycles. The van der Waals surface area contributed by atoms with E-state index in [2.05, 4.69) is 6.92 Å². The Morgan fingerprint density at radius 2 is 1.75 bits per heavy atom. The Labute approximate surface area is 211 Å². The van der Waals surface area contributed by atoms with Crippen LogP contribution in [0.5, 0.6) is 0 Å². The average Bonchev–Trinajstić information content (AvgIpc) is 3.35. The number of amides is 2. The van der Waals surface area contributed by atoms with Crippen molar-refractivity contribution in [2.75, 3.05) is 0 Å². The van der Waals surface area contributed by atoms with Gasteiger partial charge < -0.3 is 20.5 Å². The fourth-order valence-electron chi connectivity index (χ4n) is 4.23. The Bertz CT molecular complexity index is 934. The predicted octanol–water partition coefficient (Wildman–Crippen LogP) is 4.00. The largest absolute Gasteiger partial charge is 0.461 e. The standard InChI is InChI=1S/C26H37N3O7/c1-2-3-4-6-12-19(13-7-5-8-17-23(30)24(27)31)36-26(33)22-16-11-18-28(22)25(32)20-14-9-10-15-21(20)29(34)35/h9-11,14-15,18-19,22-23,30H,2-8,12-13,16-17H2,1H3,(H2,27,31)/t19-,22+,23-/m1/s1. The molecule has 1 aromatic carbocycles. The highest BCUT2D eigenvalue weighted by molar-refractivity contribution is 6.01. The zero-order valence-corrected chi connectivity index (χ0v) is 20.8. The van der Waals surface area contributed by atoms with Gasteiger partial charge in [-0.3, -0.25) is 19.7 Å². The van der Waals surface area contributed by atoms with Gasteiger partial charge in [0.25, 0.3) is 11.6 Å². The van der Waals surface area contributed by atoms with E-state index in [9.17, 15) is 29.6 Å². The molecule has 3 N–H and O–H groups in total. The summed E-state index contributed by atoms with van der Waals surface area (Å²) in [6.45, 7) is 2.12. The fourth-order valence-corrected chi connectivity index (χ4v) is 4.23. The van der Waals surface area contributed by atoms with Gasteiger partial charge in [-0.15, -0.1) is 0 Å². The van der Waals surface area contributed by atoms with Gasteiger partial charge in [-0.2, -0.15) is 0 Å². The number of esters is 1. The Balaban J connectivity index is 1.99. The lowest BCUT2D eigenvalue weighted by atomic mass is 10.0. The molecule has 198 valence electrons. The lowest BCUT2D eigenvalue weighted by Gasteiger charge is -2.25. The highest BCUT2D eigenvalue weighted by atomic mass is 16.6. The molecular formula is C26H37N3O7. The number of nitrogens with two attached hydrogens (primary N) is 1. The van der Waals surface area contributed by atoms with Crippen LogP contribution in [0.3, 0.4) is 0 Å². The number of rotatable bonds is 16. The van der Waals surface area contributed by atoms with Crippen molar-refractivity contribution in [2.24, 2.45) is 5.73 Å². The Kier molecular flexibility index (Phi) is 12.0. The zero-order chi connectivity index (χ0) is 26.5. The SMILES string of the molecule is CCCCCC[C@H](CCCCC[C@@H](O)C(N)=O)OC(=O)[C@@H]1CC=CN1C(=O)c1ccccc1[N+](=O)[O-]. The molecule has 0 saturated carbocycles. The number of nitrogens with zero attached hydrogens (tertiary/aromatic N) is 2. The van der Waals surface area contributed by atoms with Gasteiger partial charge >= 0.3 is 5.97 Å². The fraction of sp³-hybridized carbons (Fsp3) is 0.577. The van der Waals surface area contributed by atoms with Crippen LogP contribution in [-0.4, -0.2) is 51.0 Å². The lowest BCUT2D eigenvalue weighted by Crippen LogP contribution is -2.41. The maximum absolute atomic E-state index is 13.1. The van der Waals surface area contributed by atoms with Gasteiger partial charge in [0.2, 0.25) is 5.91 Å². The molecule has 0 unspecified atom stereocenters. The molecule has 2 amide bonds. The number of ether oxygens (including phenoxy) is 1. The molecule has 0 spiro atoms. The van der Waals surface area contributed by atoms with Crippen LogP contribution in [-0.2, 0) is 14.3 Å². The highest BCUT2D eigenvalue weighted by Gasteiger charge is 2.36. The first kappa shape index (κ1) is 29.0. The number of primary amides is 1. The predicted molar refractivity (Wildman–Crippen MR) is 134 cm³/mol. The van der Waals surface area contributed by atoms with Crippen LogP contribution < -0.4 is 5.73 Å². The summed E-state index contributed by atoms with van der Waals surface area (Å²) in [5.74, 6) is -1.88. The van der Waals surface area contributed by atoms with Crippen LogP contribution in [0.2, 0.25) is 0 Å². The smallest absolute Gasteiger partial charge is 0.329 e. The van der Waals surface area contributed by atoms with Crippen LogP contribution >= 0.6 is 0 Å². The molecule has 0 saturated heterocycles. The normalized spacial score (nSPS) is 16.5. The first-order valence-corrected chi connectivity index (χ1v) is 12.7. The van der Waals surface area contributed by atoms with E-state index in [0.29, 0.717) is 25.7 Å². The monoisotopic (exact) mass is 503 g/mol. The molecule has 10 nitrogen and oxygen atoms in total. The first-order chi connectivity index (χ1) is 17.3. The minimum absolute atomic E-state index is 0.0823. The van der Waals surface area contributed by atoms with Gasteiger partial charge in [0.1, 0.15) is 23.8 Å². The van der Waals surface area contributed by atoms with Crippen molar-refractivity contribution in [2.45, 2.75) is 95.8 Å². The number of para-hydroxylation sites is 1. The maximum Gasteiger partial charge on any atom is 0.329 e. The Hall–Kier alpha value is -3.27. The molecule has 1 aromatic rings. The second-order valence-electron chi connectivity index (χ2n) is 9.09. The minimum Gasteiger partial charge on any atom is -0.461 e. The van der Waals surface area contributed by atoms with Crippen LogP contribution in [0, 0.1) is 10.1 Å². The van der Waals surface area contributed by atoms with E-state index in [1.54, 1.807) is 12.1 Å². The number of carbonyl (C=O) groups excluding carboxylic acids is 3. The summed E-state index contributed by atoms with van der Waals surface area (Å²) in [6.07, 6.45) is 9.85. The topological polar surface area (TPSA) is 153 Å². The number of hydrogen-bond donors (Lipinski definition) is 2. The number of benzene rings is 1. The molecule has 2 rings (SSSR count). The van der Waals surface area contributed by atoms with Crippen molar-refractivity contribution in [3.8, 4) is 0 Å². The van der Waals surface area contributed by atoms with E-state index < -0.39 is 34.9 Å². The van der Waals surface area contributed by atoms with Crippen molar-refractivity contribution >= 4 is 23.5 Å². The molecule has 0 bridgehead atoms. The Morgan fingerprint density at radius 1 is 1.11 bits per heavy atom. The molecule has 1 aliphatic heterocycles. The number of nitro benzene ring substituents is 1. The highest BCUT2D eigenvalue weighted by Crippen LogP contribution is 2.26. The summed E-state index contributed by atoms with van der Waals surface area (Å²) >= 11 is 0. The number of aliphatic hydroxyl groups excluding tert-OH is 1. The van der Waals surface area contributed by atoms with E-state index in [4.69, 9.17) is 10.5 Å². The molecule has 3 atom stereocenters. The molecule has 10 heteroatoms. The number of nitro groups is 1. The summed E-state index contributed by atoms with van der Waals surface area (Å²) in [6, 6.07) is 4.79. The van der Waals surface area contributed by atoms with Crippen molar-refractivity contribution in [3.05, 3.63) is 52.2 Å². The van der Waals surface area contributed by atoms with Crippen LogP contribution in [0.1, 0.15) is 87.9 Å². The zero-order valence-electron chi connectivity index (χ0n) is 20.8. The summed E-state index contributed by atoms with van der Waals surface area (Å²) in [5, 5.41) is 20.9. The second-order valence-corrected chi connectivity index (χ2v) is 9.09. The maximum atomic E-state index is 13.1. The molecule has 0 aliphatic carbocycles. The third-order valence-corrected chi connectivity index (χ3v) is 6.29. The van der Waals surface area contributed by atoms with Crippen LogP contribution in [0.4, 0.5) is 5.69 Å². The van der Waals surface area contributed by atoms with Gasteiger partial charge in [-0.1, -0.05) is 57.2 Å². The van der Waals surface area contributed by atoms with Gasteiger partial charge in [0.15, 0.2) is 0 Å². The minimum atomic E-state index is -1.15. The molecule has 1 heterocycles. The third-order valence-electron chi connectivity index (χ3n) is 6.29. The lowest BCUT2D eigenvalue weighted by molar-refractivity contribution is -0.385. The van der Waals surface area contributed by atoms with E-state index in [0.717, 1.165) is 38.5 Å². The molecule has 0 fully saturated rings. The van der Waals surface area contributed by atoms with Gasteiger partial charge in [-0.05, 0) is 44.6 Å². The second kappa shape index (κ2) is 15.0. The molecule has 36 heavy (non-hydrogen) atoms. The number of hydrogen-bond acceptors (Lipinski definition) is 7. The number of carbonyl (C=O) groups is 3. The summed E-state index contributed by atoms with van der Waals surface area (Å²) in [4.78, 5) is 49.1. The van der Waals surface area contributed by atoms with Crippen molar-refractivity contribution in [3.63, 3.8) is 0 Å². The summed E-state index contributed by atoms with van der Waals surface area (Å²) in [7, 11) is 0. The third kappa shape index (κ3) is 8.75. The van der Waals surface area contributed by atoms with Gasteiger partial charge in [-0.25, -0.2) is 4.79 Å². The first-order valence-electron chi connectivity index (χ1n) is 12.7. The summed E-state index contributed by atoms with van der Waals surface area (Å²) < 4.78 is 5.84. The van der Waals surface area contributed by atoms with E-state index in [1.165, 1.54) is 29.3 Å². The molecule has 1 aliphatic rings. The van der Waals surface area contributed by atoms with Gasteiger partial charge in [0.05, 0.1) is 4.92 Å². The molecular weight excluding hydrogens is 466 g/mol. The molecule has 0 radical (unpaired) electrons. The average molecular weight is 504 g/mol.